The van der Waals surface area contributed by atoms with Gasteiger partial charge in [0.1, 0.15) is 9.88 Å². The summed E-state index contributed by atoms with van der Waals surface area (Å²) in [6, 6.07) is 0.511. The van der Waals surface area contributed by atoms with Gasteiger partial charge in [0.25, 0.3) is 0 Å². The van der Waals surface area contributed by atoms with Crippen molar-refractivity contribution in [3.63, 3.8) is 0 Å². The van der Waals surface area contributed by atoms with Crippen LogP contribution in [0.5, 0.6) is 0 Å². The molecule has 2 heterocycles. The molecule has 3 rings (SSSR count). The molecule has 1 aliphatic carbocycles. The smallest absolute Gasteiger partial charge is 0.347 e. The minimum Gasteiger partial charge on any atom is -0.477 e. The van der Waals surface area contributed by atoms with E-state index in [4.69, 9.17) is 0 Å². The number of hydrogen-bond donors (Lipinski definition) is 1. The average molecular weight is 277 g/mol. The van der Waals surface area contributed by atoms with Gasteiger partial charge in [0, 0.05) is 6.04 Å². The maximum atomic E-state index is 11.3. The lowest BCUT2D eigenvalue weighted by Crippen LogP contribution is -2.00. The largest absolute Gasteiger partial charge is 0.477 e. The predicted molar refractivity (Wildman–Crippen MR) is 72.7 cm³/mol. The molecule has 0 unspecified atom stereocenters. The molecule has 2 aromatic rings. The summed E-state index contributed by atoms with van der Waals surface area (Å²) in [6.45, 7) is 3.92. The SMILES string of the molecule is CC(C)c1nc(-c2cncn2C2CC2)sc1C(=O)O. The third-order valence-corrected chi connectivity index (χ3v) is 4.30. The van der Waals surface area contributed by atoms with Gasteiger partial charge in [0.05, 0.1) is 23.9 Å². The topological polar surface area (TPSA) is 68.0 Å². The van der Waals surface area contributed by atoms with E-state index in [0.717, 1.165) is 23.5 Å². The van der Waals surface area contributed by atoms with Crippen molar-refractivity contribution >= 4 is 17.3 Å². The Hall–Kier alpha value is -1.69. The summed E-state index contributed by atoms with van der Waals surface area (Å²) in [6.07, 6.45) is 5.91. The zero-order valence-corrected chi connectivity index (χ0v) is 11.6. The lowest BCUT2D eigenvalue weighted by atomic mass is 10.1. The van der Waals surface area contributed by atoms with Gasteiger partial charge in [-0.05, 0) is 18.8 Å². The number of hydrogen-bond acceptors (Lipinski definition) is 4. The average Bonchev–Trinajstić information content (AvgIpc) is 2.93. The van der Waals surface area contributed by atoms with Gasteiger partial charge in [-0.1, -0.05) is 13.8 Å². The first-order chi connectivity index (χ1) is 9.08. The van der Waals surface area contributed by atoms with E-state index in [1.54, 1.807) is 6.20 Å². The summed E-state index contributed by atoms with van der Waals surface area (Å²) in [5.74, 6) is -0.793. The van der Waals surface area contributed by atoms with Crippen LogP contribution in [0, 0.1) is 0 Å². The fourth-order valence-corrected chi connectivity index (χ4v) is 3.17. The van der Waals surface area contributed by atoms with Gasteiger partial charge in [-0.2, -0.15) is 0 Å². The number of imidazole rings is 1. The second-order valence-electron chi connectivity index (χ2n) is 5.11. The number of rotatable bonds is 4. The van der Waals surface area contributed by atoms with Gasteiger partial charge in [0.15, 0.2) is 0 Å². The zero-order chi connectivity index (χ0) is 13.6. The second kappa shape index (κ2) is 4.45. The maximum absolute atomic E-state index is 11.3. The van der Waals surface area contributed by atoms with E-state index in [9.17, 15) is 9.90 Å². The first-order valence-corrected chi connectivity index (χ1v) is 7.15. The van der Waals surface area contributed by atoms with Gasteiger partial charge in [-0.15, -0.1) is 11.3 Å². The van der Waals surface area contributed by atoms with Gasteiger partial charge < -0.3 is 9.67 Å². The highest BCUT2D eigenvalue weighted by molar-refractivity contribution is 7.17. The molecule has 0 bridgehead atoms. The number of aromatic nitrogens is 3. The Morgan fingerprint density at radius 1 is 1.53 bits per heavy atom. The molecule has 0 atom stereocenters. The van der Waals surface area contributed by atoms with Crippen LogP contribution in [0.3, 0.4) is 0 Å². The van der Waals surface area contributed by atoms with E-state index in [1.165, 1.54) is 11.3 Å². The van der Waals surface area contributed by atoms with Crippen LogP contribution < -0.4 is 0 Å². The fraction of sp³-hybridized carbons (Fsp3) is 0.462. The maximum Gasteiger partial charge on any atom is 0.347 e. The van der Waals surface area contributed by atoms with Crippen molar-refractivity contribution in [3.8, 4) is 10.7 Å². The van der Waals surface area contributed by atoms with Crippen molar-refractivity contribution in [2.75, 3.05) is 0 Å². The molecular weight excluding hydrogens is 262 g/mol. The van der Waals surface area contributed by atoms with E-state index < -0.39 is 5.97 Å². The molecule has 5 nitrogen and oxygen atoms in total. The standard InChI is InChI=1S/C13H15N3O2S/c1-7(2)10-11(13(17)18)19-12(15-10)9-5-14-6-16(9)8-3-4-8/h5-8H,3-4H2,1-2H3,(H,17,18). The van der Waals surface area contributed by atoms with E-state index >= 15 is 0 Å². The van der Waals surface area contributed by atoms with Crippen LogP contribution in [0.4, 0.5) is 0 Å². The van der Waals surface area contributed by atoms with Gasteiger partial charge in [0.2, 0.25) is 0 Å². The lowest BCUT2D eigenvalue weighted by molar-refractivity contribution is 0.0700. The summed E-state index contributed by atoms with van der Waals surface area (Å²) in [4.78, 5) is 20.3. The Kier molecular flexibility index (Phi) is 2.89. The van der Waals surface area contributed by atoms with Crippen molar-refractivity contribution < 1.29 is 9.90 Å². The molecule has 1 fully saturated rings. The van der Waals surface area contributed by atoms with Gasteiger partial charge in [-0.25, -0.2) is 14.8 Å². The molecule has 0 radical (unpaired) electrons. The van der Waals surface area contributed by atoms with Crippen LogP contribution in [-0.4, -0.2) is 25.6 Å². The highest BCUT2D eigenvalue weighted by atomic mass is 32.1. The molecule has 0 aromatic carbocycles. The summed E-state index contributed by atoms with van der Waals surface area (Å²) in [5, 5.41) is 10.0. The highest BCUT2D eigenvalue weighted by Crippen LogP contribution is 2.40. The summed E-state index contributed by atoms with van der Waals surface area (Å²) >= 11 is 1.24. The third kappa shape index (κ3) is 2.16. The minimum atomic E-state index is -0.898. The second-order valence-corrected chi connectivity index (χ2v) is 6.11. The Balaban J connectivity index is 2.07. The Morgan fingerprint density at radius 3 is 2.79 bits per heavy atom. The number of carboxylic acid groups (broad SMARTS) is 1. The normalized spacial score (nSPS) is 15.1. The summed E-state index contributed by atoms with van der Waals surface area (Å²) in [5.41, 5.74) is 1.60. The molecule has 19 heavy (non-hydrogen) atoms. The van der Waals surface area contributed by atoms with Crippen molar-refractivity contribution in [3.05, 3.63) is 23.1 Å². The molecule has 1 saturated carbocycles. The Morgan fingerprint density at radius 2 is 2.26 bits per heavy atom. The van der Waals surface area contributed by atoms with Gasteiger partial charge >= 0.3 is 5.97 Å². The lowest BCUT2D eigenvalue weighted by Gasteiger charge is -2.03. The molecular formula is C13H15N3O2S. The molecule has 0 saturated heterocycles. The first-order valence-electron chi connectivity index (χ1n) is 6.34. The number of nitrogens with zero attached hydrogens (tertiary/aromatic N) is 3. The number of carbonyl (C=O) groups is 1. The van der Waals surface area contributed by atoms with Crippen LogP contribution in [0.15, 0.2) is 12.5 Å². The Bertz CT molecular complexity index is 626. The van der Waals surface area contributed by atoms with Crippen LogP contribution in [-0.2, 0) is 0 Å². The molecule has 0 spiro atoms. The van der Waals surface area contributed by atoms with E-state index in [-0.39, 0.29) is 5.92 Å². The van der Waals surface area contributed by atoms with Crippen molar-refractivity contribution in [1.82, 2.24) is 14.5 Å². The number of thiazole rings is 1. The molecule has 1 aliphatic rings. The molecule has 100 valence electrons. The molecule has 2 aromatic heterocycles. The van der Waals surface area contributed by atoms with Crippen LogP contribution >= 0.6 is 11.3 Å². The van der Waals surface area contributed by atoms with Crippen LogP contribution in [0.2, 0.25) is 0 Å². The first kappa shape index (κ1) is 12.3. The minimum absolute atomic E-state index is 0.105. The fourth-order valence-electron chi connectivity index (χ4n) is 2.10. The molecule has 1 N–H and O–H groups in total. The molecule has 0 amide bonds. The van der Waals surface area contributed by atoms with Crippen molar-refractivity contribution in [2.45, 2.75) is 38.6 Å². The molecule has 6 heteroatoms. The van der Waals surface area contributed by atoms with E-state index in [1.807, 2.05) is 20.2 Å². The van der Waals surface area contributed by atoms with E-state index in [0.29, 0.717) is 16.6 Å². The monoisotopic (exact) mass is 277 g/mol. The summed E-state index contributed by atoms with van der Waals surface area (Å²) < 4.78 is 2.11. The van der Waals surface area contributed by atoms with Crippen LogP contribution in [0.1, 0.15) is 54.0 Å². The van der Waals surface area contributed by atoms with Gasteiger partial charge in [-0.3, -0.25) is 0 Å². The number of aromatic carboxylic acids is 1. The zero-order valence-electron chi connectivity index (χ0n) is 10.8. The summed E-state index contributed by atoms with van der Waals surface area (Å²) in [7, 11) is 0. The van der Waals surface area contributed by atoms with Crippen molar-refractivity contribution in [1.29, 1.82) is 0 Å². The van der Waals surface area contributed by atoms with E-state index in [2.05, 4.69) is 14.5 Å². The number of carboxylic acids is 1. The Labute approximate surface area is 114 Å². The van der Waals surface area contributed by atoms with Crippen molar-refractivity contribution in [2.24, 2.45) is 0 Å². The van der Waals surface area contributed by atoms with Crippen LogP contribution in [0.25, 0.3) is 10.7 Å². The highest BCUT2D eigenvalue weighted by Gasteiger charge is 2.28. The predicted octanol–water partition coefficient (Wildman–Crippen LogP) is 3.16. The quantitative estimate of drug-likeness (QED) is 0.932. The molecule has 0 aliphatic heterocycles. The third-order valence-electron chi connectivity index (χ3n) is 3.22.